The van der Waals surface area contributed by atoms with Gasteiger partial charge in [0.15, 0.2) is 0 Å². The number of rotatable bonds is 11. The zero-order valence-corrected chi connectivity index (χ0v) is 40.3. The van der Waals surface area contributed by atoms with Crippen LogP contribution in [0.2, 0.25) is 0 Å². The number of imidazole rings is 1. The number of phenols is 1. The summed E-state index contributed by atoms with van der Waals surface area (Å²) in [5.41, 5.74) is 4.16. The number of ether oxygens (including phenoxy) is 1. The lowest BCUT2D eigenvalue weighted by Crippen LogP contribution is -2.50. The summed E-state index contributed by atoms with van der Waals surface area (Å²) in [6.45, 7) is 12.6. The maximum absolute atomic E-state index is 15.1. The van der Waals surface area contributed by atoms with E-state index in [9.17, 15) is 24.6 Å². The number of aryl methyl sites for hydroxylation is 1. The first-order valence-electron chi connectivity index (χ1n) is 25.1. The molecule has 0 spiro atoms. The standard InChI is InChI=1S/C53H63FN10O6/c1-4-38-40(54)8-6-35-26-37(65)28-45(47(35)38)62-21-14-39-41(30-62)55-50(57-48(39)63-18-5-15-52(2,69)31-63)70-33-53(16-17-53)32-60-24-22-59(23-25-60)29-34-12-19-61(20-13-34)36-7-9-42-44(27-36)58(3)51(68)64(42)43-10-11-46(66)56-49(43)67/h1,6-9,26-28,34,43,65,69H,5,10-25,29-33H2,2-3H3,(H,56,66,67)/t43?,52-/m1/s1. The van der Waals surface area contributed by atoms with Crippen LogP contribution >= 0.6 is 0 Å². The Hall–Kier alpha value is -6.22. The van der Waals surface area contributed by atoms with Gasteiger partial charge in [-0.05, 0) is 99.9 Å². The summed E-state index contributed by atoms with van der Waals surface area (Å²) in [4.78, 5) is 59.8. The maximum Gasteiger partial charge on any atom is 0.329 e. The fraction of sp³-hybridized carbons (Fsp3) is 0.528. The molecule has 16 nitrogen and oxygen atoms in total. The molecule has 2 atom stereocenters. The molecule has 3 aromatic carbocycles. The Balaban J connectivity index is 0.709. The second kappa shape index (κ2) is 18.2. The monoisotopic (exact) mass is 954 g/mol. The minimum Gasteiger partial charge on any atom is -0.508 e. The lowest BCUT2D eigenvalue weighted by Gasteiger charge is -2.40. The van der Waals surface area contributed by atoms with Crippen LogP contribution in [-0.4, -0.2) is 135 Å². The Labute approximate surface area is 407 Å². The number of benzene rings is 3. The predicted octanol–water partition coefficient (Wildman–Crippen LogP) is 4.69. The number of aromatic hydroxyl groups is 1. The average molecular weight is 955 g/mol. The number of aromatic nitrogens is 4. The van der Waals surface area contributed by atoms with Crippen molar-refractivity contribution < 1.29 is 28.9 Å². The van der Waals surface area contributed by atoms with Crippen molar-refractivity contribution >= 4 is 50.8 Å². The molecule has 1 saturated carbocycles. The summed E-state index contributed by atoms with van der Waals surface area (Å²) in [6.07, 6.45) is 12.9. The molecule has 11 rings (SSSR count). The van der Waals surface area contributed by atoms with E-state index in [2.05, 4.69) is 47.9 Å². The van der Waals surface area contributed by atoms with Gasteiger partial charge in [0.05, 0.1) is 41.0 Å². The number of terminal acetylenes is 1. The van der Waals surface area contributed by atoms with Crippen LogP contribution in [0.15, 0.2) is 47.3 Å². The Bertz CT molecular complexity index is 2980. The maximum atomic E-state index is 15.1. The third kappa shape index (κ3) is 8.94. The van der Waals surface area contributed by atoms with Gasteiger partial charge < -0.3 is 39.4 Å². The second-order valence-corrected chi connectivity index (χ2v) is 21.2. The molecule has 2 aromatic heterocycles. The molecular weight excluding hydrogens is 892 g/mol. The highest BCUT2D eigenvalue weighted by Gasteiger charge is 2.46. The minimum atomic E-state index is -0.841. The van der Waals surface area contributed by atoms with E-state index in [1.165, 1.54) is 10.6 Å². The van der Waals surface area contributed by atoms with E-state index in [1.807, 2.05) is 13.0 Å². The summed E-state index contributed by atoms with van der Waals surface area (Å²) in [6, 6.07) is 11.9. The number of aliphatic hydroxyl groups is 1. The van der Waals surface area contributed by atoms with Gasteiger partial charge >= 0.3 is 11.7 Å². The van der Waals surface area contributed by atoms with Gasteiger partial charge in [-0.25, -0.2) is 9.18 Å². The molecule has 70 heavy (non-hydrogen) atoms. The number of amides is 2. The normalized spacial score (nSPS) is 23.4. The van der Waals surface area contributed by atoms with Crippen LogP contribution in [0, 0.1) is 29.5 Å². The number of carbonyl (C=O) groups excluding carboxylic acids is 2. The molecule has 2 amide bonds. The van der Waals surface area contributed by atoms with Crippen molar-refractivity contribution in [1.82, 2.24) is 34.2 Å². The summed E-state index contributed by atoms with van der Waals surface area (Å²) in [7, 11) is 1.74. The summed E-state index contributed by atoms with van der Waals surface area (Å²) >= 11 is 0. The number of carbonyl (C=O) groups is 2. The summed E-state index contributed by atoms with van der Waals surface area (Å²) in [5.74, 6) is 2.83. The highest BCUT2D eigenvalue weighted by atomic mass is 19.1. The van der Waals surface area contributed by atoms with E-state index in [-0.39, 0.29) is 34.7 Å². The van der Waals surface area contributed by atoms with Crippen LogP contribution < -0.4 is 30.4 Å². The van der Waals surface area contributed by atoms with E-state index in [1.54, 1.807) is 29.8 Å². The molecule has 1 aliphatic carbocycles. The number of nitrogens with zero attached hydrogens (tertiary/aromatic N) is 9. The Morgan fingerprint density at radius 2 is 1.67 bits per heavy atom. The number of hydrogen-bond donors (Lipinski definition) is 3. The fourth-order valence-corrected chi connectivity index (χ4v) is 12.0. The molecule has 1 unspecified atom stereocenters. The highest BCUT2D eigenvalue weighted by Crippen LogP contribution is 2.47. The van der Waals surface area contributed by atoms with Crippen molar-refractivity contribution in [3.63, 3.8) is 0 Å². The zero-order chi connectivity index (χ0) is 48.5. The first-order valence-corrected chi connectivity index (χ1v) is 25.1. The molecule has 17 heteroatoms. The van der Waals surface area contributed by atoms with E-state index in [4.69, 9.17) is 21.1 Å². The molecule has 4 saturated heterocycles. The van der Waals surface area contributed by atoms with Gasteiger partial charge in [0.25, 0.3) is 0 Å². The molecule has 0 bridgehead atoms. The van der Waals surface area contributed by atoms with Gasteiger partial charge in [-0.3, -0.25) is 24.0 Å². The van der Waals surface area contributed by atoms with Crippen molar-refractivity contribution in [2.45, 2.75) is 82.9 Å². The van der Waals surface area contributed by atoms with Crippen molar-refractivity contribution in [1.29, 1.82) is 0 Å². The minimum absolute atomic E-state index is 0.0360. The van der Waals surface area contributed by atoms with Gasteiger partial charge in [-0.15, -0.1) is 6.42 Å². The molecule has 5 fully saturated rings. The van der Waals surface area contributed by atoms with E-state index in [0.717, 1.165) is 126 Å². The molecule has 6 aliphatic rings. The Morgan fingerprint density at radius 1 is 0.886 bits per heavy atom. The number of piperidine rings is 3. The van der Waals surface area contributed by atoms with Crippen LogP contribution in [0.3, 0.4) is 0 Å². The number of fused-ring (bicyclic) bond motifs is 3. The van der Waals surface area contributed by atoms with Crippen LogP contribution in [0.5, 0.6) is 11.8 Å². The topological polar surface area (TPSA) is 165 Å². The first kappa shape index (κ1) is 46.2. The zero-order valence-electron chi connectivity index (χ0n) is 40.3. The fourth-order valence-electron chi connectivity index (χ4n) is 12.0. The quantitative estimate of drug-likeness (QED) is 0.124. The Morgan fingerprint density at radius 3 is 2.41 bits per heavy atom. The smallest absolute Gasteiger partial charge is 0.329 e. The number of β-amino-alcohol motifs (C(OH)–C–C–N with tert-alkyl or cyclic N) is 1. The second-order valence-electron chi connectivity index (χ2n) is 21.2. The molecule has 0 radical (unpaired) electrons. The van der Waals surface area contributed by atoms with Crippen molar-refractivity contribution in [3.05, 3.63) is 75.6 Å². The van der Waals surface area contributed by atoms with Gasteiger partial charge in [0, 0.05) is 119 Å². The van der Waals surface area contributed by atoms with Crippen molar-refractivity contribution in [3.8, 4) is 24.1 Å². The highest BCUT2D eigenvalue weighted by molar-refractivity contribution is 6.01. The Kier molecular flexibility index (Phi) is 12.0. The summed E-state index contributed by atoms with van der Waals surface area (Å²) < 4.78 is 24.8. The SMILES string of the molecule is C#Cc1c(F)ccc2cc(O)cc(N3CCc4c(nc(OCC5(CN6CCN(CC7CCN(c8ccc9c(c8)n(C)c(=O)n9C8CCC(=O)NC8=O)CC7)CC6)CC5)nc4N4CCC[C@@](C)(O)C4)C3)c12. The van der Waals surface area contributed by atoms with Crippen LogP contribution in [0.4, 0.5) is 21.6 Å². The number of nitrogens with one attached hydrogen (secondary N) is 1. The van der Waals surface area contributed by atoms with Gasteiger partial charge in [-0.1, -0.05) is 12.0 Å². The summed E-state index contributed by atoms with van der Waals surface area (Å²) in [5, 5.41) is 25.5. The van der Waals surface area contributed by atoms with Crippen LogP contribution in [0.25, 0.3) is 21.8 Å². The van der Waals surface area contributed by atoms with Gasteiger partial charge in [-0.2, -0.15) is 9.97 Å². The molecular formula is C53H63FN10O6. The van der Waals surface area contributed by atoms with E-state index < -0.39 is 23.4 Å². The molecule has 7 heterocycles. The van der Waals surface area contributed by atoms with Crippen LogP contribution in [-0.2, 0) is 29.6 Å². The largest absolute Gasteiger partial charge is 0.508 e. The molecule has 5 aliphatic heterocycles. The number of anilines is 3. The lowest BCUT2D eigenvalue weighted by molar-refractivity contribution is -0.135. The molecule has 5 aromatic rings. The predicted molar refractivity (Wildman–Crippen MR) is 266 cm³/mol. The number of phenolic OH excluding ortho intramolecular Hbond substituents is 1. The van der Waals surface area contributed by atoms with E-state index >= 15 is 4.39 Å². The number of imide groups is 1. The van der Waals surface area contributed by atoms with Crippen LogP contribution in [0.1, 0.15) is 81.2 Å². The third-order valence-corrected chi connectivity index (χ3v) is 16.1. The first-order chi connectivity index (χ1) is 33.7. The van der Waals surface area contributed by atoms with E-state index in [0.29, 0.717) is 73.0 Å². The molecule has 3 N–H and O–H groups in total. The lowest BCUT2D eigenvalue weighted by atomic mass is 9.94. The van der Waals surface area contributed by atoms with Gasteiger partial charge in [0.2, 0.25) is 11.8 Å². The number of halogens is 1. The third-order valence-electron chi connectivity index (χ3n) is 16.1. The van der Waals surface area contributed by atoms with Crippen molar-refractivity contribution in [2.24, 2.45) is 18.4 Å². The average Bonchev–Trinajstić information content (AvgIpc) is 4.07. The molecule has 368 valence electrons. The van der Waals surface area contributed by atoms with Gasteiger partial charge in [0.1, 0.15) is 23.4 Å². The number of hydrogen-bond acceptors (Lipinski definition) is 13. The number of piperazine rings is 1. The van der Waals surface area contributed by atoms with Crippen molar-refractivity contribution in [2.75, 3.05) is 93.3 Å².